The molecule has 2 rings (SSSR count). The molecular formula is C9H9N5O2. The molecule has 1 aromatic carbocycles. The van der Waals surface area contributed by atoms with Crippen LogP contribution in [0, 0.1) is 0 Å². The minimum absolute atomic E-state index is 0.221. The van der Waals surface area contributed by atoms with Crippen molar-refractivity contribution in [2.24, 2.45) is 0 Å². The maximum Gasteiger partial charge on any atom is 0.234 e. The van der Waals surface area contributed by atoms with Crippen molar-refractivity contribution in [2.45, 2.75) is 0 Å². The maximum atomic E-state index is 10.2. The number of nitrogens with zero attached hydrogens (tertiary/aromatic N) is 2. The van der Waals surface area contributed by atoms with Gasteiger partial charge in [0.25, 0.3) is 0 Å². The number of carbonyl (C=O) groups is 1. The molecule has 0 spiro atoms. The third-order valence-corrected chi connectivity index (χ3v) is 1.78. The molecular weight excluding hydrogens is 210 g/mol. The normalized spacial score (nSPS) is 9.50. The molecule has 3 N–H and O–H groups in total. The fourth-order valence-corrected chi connectivity index (χ4v) is 1.07. The standard InChI is InChI=1S/C9H9N5O2/c15-6-10-8-9(14-16-13-8)12-11-7-4-2-1-3-5-7/h1-6,11H,(H,12,14)(H,10,13,15). The van der Waals surface area contributed by atoms with Gasteiger partial charge in [0.1, 0.15) is 0 Å². The van der Waals surface area contributed by atoms with Crippen LogP contribution in [0.3, 0.4) is 0 Å². The van der Waals surface area contributed by atoms with Crippen LogP contribution >= 0.6 is 0 Å². The van der Waals surface area contributed by atoms with E-state index in [1.54, 1.807) is 0 Å². The van der Waals surface area contributed by atoms with Crippen molar-refractivity contribution in [1.29, 1.82) is 0 Å². The van der Waals surface area contributed by atoms with Gasteiger partial charge in [0.05, 0.1) is 5.69 Å². The predicted octanol–water partition coefficient (Wildman–Crippen LogP) is 1.08. The van der Waals surface area contributed by atoms with E-state index in [4.69, 9.17) is 0 Å². The van der Waals surface area contributed by atoms with Crippen LogP contribution in [-0.4, -0.2) is 16.7 Å². The average molecular weight is 219 g/mol. The smallest absolute Gasteiger partial charge is 0.234 e. The van der Waals surface area contributed by atoms with Crippen LogP contribution in [-0.2, 0) is 4.79 Å². The fraction of sp³-hybridized carbons (Fsp3) is 0. The number of aromatic nitrogens is 2. The molecule has 0 atom stereocenters. The fourth-order valence-electron chi connectivity index (χ4n) is 1.07. The Balaban J connectivity index is 1.99. The zero-order valence-corrected chi connectivity index (χ0v) is 8.18. The molecule has 1 heterocycles. The third-order valence-electron chi connectivity index (χ3n) is 1.78. The van der Waals surface area contributed by atoms with E-state index in [1.165, 1.54) is 0 Å². The lowest BCUT2D eigenvalue weighted by Gasteiger charge is -2.06. The summed E-state index contributed by atoms with van der Waals surface area (Å²) >= 11 is 0. The summed E-state index contributed by atoms with van der Waals surface area (Å²) in [5, 5.41) is 9.40. The number of amides is 1. The Morgan fingerprint density at radius 2 is 1.81 bits per heavy atom. The van der Waals surface area contributed by atoms with E-state index >= 15 is 0 Å². The van der Waals surface area contributed by atoms with Gasteiger partial charge in [-0.05, 0) is 22.4 Å². The molecule has 82 valence electrons. The zero-order valence-electron chi connectivity index (χ0n) is 8.18. The summed E-state index contributed by atoms with van der Waals surface area (Å²) in [5.74, 6) is 0.523. The van der Waals surface area contributed by atoms with Crippen LogP contribution in [0.25, 0.3) is 0 Å². The second kappa shape index (κ2) is 4.78. The van der Waals surface area contributed by atoms with Crippen molar-refractivity contribution in [1.82, 2.24) is 10.3 Å². The van der Waals surface area contributed by atoms with Gasteiger partial charge in [-0.15, -0.1) is 0 Å². The monoisotopic (exact) mass is 219 g/mol. The molecule has 0 radical (unpaired) electrons. The van der Waals surface area contributed by atoms with E-state index in [9.17, 15) is 4.79 Å². The van der Waals surface area contributed by atoms with E-state index < -0.39 is 0 Å². The summed E-state index contributed by atoms with van der Waals surface area (Å²) in [5.41, 5.74) is 6.48. The minimum Gasteiger partial charge on any atom is -0.307 e. The van der Waals surface area contributed by atoms with Crippen molar-refractivity contribution in [2.75, 3.05) is 16.2 Å². The Hall–Kier alpha value is -2.57. The predicted molar refractivity (Wildman–Crippen MR) is 57.7 cm³/mol. The molecule has 1 aromatic heterocycles. The number of hydrogen-bond donors (Lipinski definition) is 3. The molecule has 0 aliphatic carbocycles. The molecule has 0 unspecified atom stereocenters. The van der Waals surface area contributed by atoms with Crippen LogP contribution in [0.1, 0.15) is 0 Å². The first-order valence-electron chi connectivity index (χ1n) is 4.50. The topological polar surface area (TPSA) is 92.1 Å². The number of nitrogens with one attached hydrogen (secondary N) is 3. The number of hydrazine groups is 1. The van der Waals surface area contributed by atoms with Gasteiger partial charge in [0.2, 0.25) is 18.0 Å². The highest BCUT2D eigenvalue weighted by atomic mass is 16.6. The highest BCUT2D eigenvalue weighted by molar-refractivity contribution is 5.75. The Kier molecular flexibility index (Phi) is 2.98. The van der Waals surface area contributed by atoms with Gasteiger partial charge in [-0.1, -0.05) is 18.2 Å². The van der Waals surface area contributed by atoms with Crippen molar-refractivity contribution < 1.29 is 9.42 Å². The van der Waals surface area contributed by atoms with Crippen molar-refractivity contribution in [3.63, 3.8) is 0 Å². The maximum absolute atomic E-state index is 10.2. The molecule has 0 saturated carbocycles. The summed E-state index contributed by atoms with van der Waals surface area (Å²) in [6.07, 6.45) is 0.493. The van der Waals surface area contributed by atoms with Gasteiger partial charge in [-0.2, -0.15) is 0 Å². The van der Waals surface area contributed by atoms with Gasteiger partial charge in [0, 0.05) is 0 Å². The first-order valence-corrected chi connectivity index (χ1v) is 4.50. The van der Waals surface area contributed by atoms with Crippen LogP contribution in [0.2, 0.25) is 0 Å². The Labute approximate surface area is 90.8 Å². The van der Waals surface area contributed by atoms with Crippen LogP contribution in [0.4, 0.5) is 17.3 Å². The second-order valence-corrected chi connectivity index (χ2v) is 2.84. The molecule has 0 aliphatic rings. The highest BCUT2D eigenvalue weighted by Crippen LogP contribution is 2.15. The molecule has 1 amide bonds. The molecule has 0 bridgehead atoms. The number of benzene rings is 1. The number of hydrogen-bond acceptors (Lipinski definition) is 6. The average Bonchev–Trinajstić information content (AvgIpc) is 2.76. The van der Waals surface area contributed by atoms with Crippen LogP contribution in [0.5, 0.6) is 0 Å². The van der Waals surface area contributed by atoms with E-state index in [1.807, 2.05) is 30.3 Å². The van der Waals surface area contributed by atoms with Crippen molar-refractivity contribution >= 4 is 23.7 Å². The molecule has 0 saturated heterocycles. The largest absolute Gasteiger partial charge is 0.307 e. The highest BCUT2D eigenvalue weighted by Gasteiger charge is 2.07. The Morgan fingerprint density at radius 3 is 2.56 bits per heavy atom. The second-order valence-electron chi connectivity index (χ2n) is 2.84. The summed E-state index contributed by atoms with van der Waals surface area (Å²) in [6.45, 7) is 0. The first kappa shape index (κ1) is 9.97. The van der Waals surface area contributed by atoms with Gasteiger partial charge in [0.15, 0.2) is 0 Å². The lowest BCUT2D eigenvalue weighted by Crippen LogP contribution is -2.10. The number of carbonyl (C=O) groups excluding carboxylic acids is 1. The van der Waals surface area contributed by atoms with Crippen LogP contribution < -0.4 is 16.2 Å². The van der Waals surface area contributed by atoms with Crippen LogP contribution in [0.15, 0.2) is 35.0 Å². The van der Waals surface area contributed by atoms with Crippen molar-refractivity contribution in [3.05, 3.63) is 30.3 Å². The van der Waals surface area contributed by atoms with E-state index in [0.717, 1.165) is 5.69 Å². The van der Waals surface area contributed by atoms with Gasteiger partial charge >= 0.3 is 0 Å². The van der Waals surface area contributed by atoms with Gasteiger partial charge in [-0.25, -0.2) is 4.63 Å². The molecule has 7 nitrogen and oxygen atoms in total. The molecule has 0 aliphatic heterocycles. The minimum atomic E-state index is 0.221. The van der Waals surface area contributed by atoms with E-state index in [-0.39, 0.29) is 5.82 Å². The molecule has 16 heavy (non-hydrogen) atoms. The quantitative estimate of drug-likeness (QED) is 0.514. The van der Waals surface area contributed by atoms with Gasteiger partial charge in [-0.3, -0.25) is 15.6 Å². The molecule has 2 aromatic rings. The summed E-state index contributed by atoms with van der Waals surface area (Å²) < 4.78 is 4.46. The Morgan fingerprint density at radius 1 is 1.06 bits per heavy atom. The summed E-state index contributed by atoms with van der Waals surface area (Å²) in [6, 6.07) is 9.41. The van der Waals surface area contributed by atoms with E-state index in [2.05, 4.69) is 31.1 Å². The van der Waals surface area contributed by atoms with E-state index in [0.29, 0.717) is 12.2 Å². The SMILES string of the molecule is O=CNc1nonc1NNc1ccccc1. The Bertz CT molecular complexity index is 456. The number of rotatable bonds is 5. The lowest BCUT2D eigenvalue weighted by molar-refractivity contribution is -0.105. The molecule has 7 heteroatoms. The molecule has 0 fully saturated rings. The van der Waals surface area contributed by atoms with Gasteiger partial charge < -0.3 is 5.32 Å². The summed E-state index contributed by atoms with van der Waals surface area (Å²) in [4.78, 5) is 10.2. The first-order chi connectivity index (χ1) is 7.90. The lowest BCUT2D eigenvalue weighted by atomic mass is 10.3. The zero-order chi connectivity index (χ0) is 11.2. The number of para-hydroxylation sites is 1. The van der Waals surface area contributed by atoms with Crippen molar-refractivity contribution in [3.8, 4) is 0 Å². The third kappa shape index (κ3) is 2.27. The number of anilines is 3. The summed E-state index contributed by atoms with van der Waals surface area (Å²) in [7, 11) is 0.